The van der Waals surface area contributed by atoms with E-state index in [4.69, 9.17) is 5.73 Å². The van der Waals surface area contributed by atoms with Crippen molar-refractivity contribution in [1.29, 1.82) is 0 Å². The second-order valence-electron chi connectivity index (χ2n) is 4.44. The molecule has 0 aliphatic carbocycles. The first-order valence-corrected chi connectivity index (χ1v) is 7.93. The summed E-state index contributed by atoms with van der Waals surface area (Å²) in [5.74, 6) is -0.0856. The van der Waals surface area contributed by atoms with E-state index in [2.05, 4.69) is 43.8 Å². The molecule has 0 bridgehead atoms. The van der Waals surface area contributed by atoms with Crippen LogP contribution in [-0.4, -0.2) is 5.91 Å². The largest absolute Gasteiger partial charge is 0.399 e. The van der Waals surface area contributed by atoms with Crippen molar-refractivity contribution < 1.29 is 4.79 Å². The maximum absolute atomic E-state index is 12.2. The molecule has 0 spiro atoms. The number of hydrogen-bond donors (Lipinski definition) is 2. The van der Waals surface area contributed by atoms with Crippen LogP contribution in [0.5, 0.6) is 0 Å². The molecule has 5 heteroatoms. The molecule has 0 fully saturated rings. The van der Waals surface area contributed by atoms with Crippen molar-refractivity contribution in [3.05, 3.63) is 61.1 Å². The smallest absolute Gasteiger partial charge is 0.252 e. The summed E-state index contributed by atoms with van der Waals surface area (Å²) in [5, 5.41) is 2.93. The first-order chi connectivity index (χ1) is 9.49. The van der Waals surface area contributed by atoms with Crippen LogP contribution in [0, 0.1) is 10.5 Å². The summed E-state index contributed by atoms with van der Waals surface area (Å²) in [6, 6.07) is 11.4. The van der Waals surface area contributed by atoms with Gasteiger partial charge in [-0.05, 0) is 64.9 Å². The minimum atomic E-state index is -0.0856. The summed E-state index contributed by atoms with van der Waals surface area (Å²) in [6.45, 7) is 2.43. The minimum Gasteiger partial charge on any atom is -0.399 e. The van der Waals surface area contributed by atoms with Gasteiger partial charge in [-0.1, -0.05) is 28.1 Å². The highest BCUT2D eigenvalue weighted by molar-refractivity contribution is 14.1. The van der Waals surface area contributed by atoms with E-state index in [0.29, 0.717) is 12.1 Å². The van der Waals surface area contributed by atoms with E-state index in [9.17, 15) is 4.79 Å². The number of nitrogens with two attached hydrogens (primary N) is 1. The summed E-state index contributed by atoms with van der Waals surface area (Å²) in [7, 11) is 0. The van der Waals surface area contributed by atoms with Crippen LogP contribution in [0.2, 0.25) is 0 Å². The van der Waals surface area contributed by atoms with Crippen LogP contribution in [0.4, 0.5) is 5.69 Å². The second-order valence-corrected chi connectivity index (χ2v) is 6.52. The average molecular weight is 445 g/mol. The SMILES string of the molecule is Cc1c(N)cccc1CNC(=O)c1cc(Br)ccc1I. The van der Waals surface area contributed by atoms with Crippen LogP contribution in [0.15, 0.2) is 40.9 Å². The number of nitrogens with one attached hydrogen (secondary N) is 1. The summed E-state index contributed by atoms with van der Waals surface area (Å²) in [4.78, 5) is 12.2. The number of carbonyl (C=O) groups excluding carboxylic acids is 1. The lowest BCUT2D eigenvalue weighted by molar-refractivity contribution is 0.0950. The molecule has 20 heavy (non-hydrogen) atoms. The van der Waals surface area contributed by atoms with Gasteiger partial charge in [-0.2, -0.15) is 0 Å². The van der Waals surface area contributed by atoms with Gasteiger partial charge in [0.15, 0.2) is 0 Å². The van der Waals surface area contributed by atoms with Gasteiger partial charge in [0, 0.05) is 20.3 Å². The molecule has 104 valence electrons. The number of amides is 1. The van der Waals surface area contributed by atoms with Crippen molar-refractivity contribution in [1.82, 2.24) is 5.32 Å². The number of nitrogen functional groups attached to an aromatic ring is 1. The number of anilines is 1. The molecule has 2 aromatic rings. The van der Waals surface area contributed by atoms with E-state index in [1.54, 1.807) is 0 Å². The number of hydrogen-bond acceptors (Lipinski definition) is 2. The lowest BCUT2D eigenvalue weighted by Gasteiger charge is -2.11. The molecule has 0 radical (unpaired) electrons. The van der Waals surface area contributed by atoms with E-state index >= 15 is 0 Å². The third-order valence-electron chi connectivity index (χ3n) is 3.10. The van der Waals surface area contributed by atoms with Crippen molar-refractivity contribution in [2.45, 2.75) is 13.5 Å². The van der Waals surface area contributed by atoms with Crippen LogP contribution in [0.25, 0.3) is 0 Å². The predicted molar refractivity (Wildman–Crippen MR) is 93.6 cm³/mol. The molecule has 0 aromatic heterocycles. The van der Waals surface area contributed by atoms with Crippen LogP contribution >= 0.6 is 38.5 Å². The molecule has 0 atom stereocenters. The second kappa shape index (κ2) is 6.58. The Hall–Kier alpha value is -1.08. The third-order valence-corrected chi connectivity index (χ3v) is 4.53. The zero-order chi connectivity index (χ0) is 14.7. The van der Waals surface area contributed by atoms with Crippen LogP contribution < -0.4 is 11.1 Å². The molecule has 1 amide bonds. The fraction of sp³-hybridized carbons (Fsp3) is 0.133. The molecule has 2 rings (SSSR count). The molecule has 0 saturated carbocycles. The van der Waals surface area contributed by atoms with Gasteiger partial charge in [0.25, 0.3) is 5.91 Å². The Labute approximate surface area is 140 Å². The summed E-state index contributed by atoms with van der Waals surface area (Å²) in [5.41, 5.74) is 9.32. The normalized spacial score (nSPS) is 10.3. The highest BCUT2D eigenvalue weighted by atomic mass is 127. The molecular formula is C15H14BrIN2O. The van der Waals surface area contributed by atoms with Gasteiger partial charge in [-0.15, -0.1) is 0 Å². The Kier molecular flexibility index (Phi) is 5.04. The molecule has 0 aliphatic heterocycles. The first-order valence-electron chi connectivity index (χ1n) is 6.06. The predicted octanol–water partition coefficient (Wildman–Crippen LogP) is 3.87. The number of carbonyl (C=O) groups is 1. The van der Waals surface area contributed by atoms with Gasteiger partial charge in [-0.25, -0.2) is 0 Å². The number of rotatable bonds is 3. The van der Waals surface area contributed by atoms with Gasteiger partial charge in [0.05, 0.1) is 5.56 Å². The highest BCUT2D eigenvalue weighted by Crippen LogP contribution is 2.19. The number of halogens is 2. The topological polar surface area (TPSA) is 55.1 Å². The molecule has 3 N–H and O–H groups in total. The van der Waals surface area contributed by atoms with Gasteiger partial charge in [-0.3, -0.25) is 4.79 Å². The first kappa shape index (κ1) is 15.3. The monoisotopic (exact) mass is 444 g/mol. The van der Waals surface area contributed by atoms with Gasteiger partial charge >= 0.3 is 0 Å². The molecule has 0 saturated heterocycles. The van der Waals surface area contributed by atoms with E-state index in [0.717, 1.165) is 24.9 Å². The van der Waals surface area contributed by atoms with Gasteiger partial charge < -0.3 is 11.1 Å². The lowest BCUT2D eigenvalue weighted by atomic mass is 10.1. The molecular weight excluding hydrogens is 431 g/mol. The van der Waals surface area contributed by atoms with Crippen molar-refractivity contribution in [3.63, 3.8) is 0 Å². The van der Waals surface area contributed by atoms with Crippen molar-refractivity contribution in [3.8, 4) is 0 Å². The molecule has 0 unspecified atom stereocenters. The maximum atomic E-state index is 12.2. The van der Waals surface area contributed by atoms with Crippen molar-refractivity contribution in [2.75, 3.05) is 5.73 Å². The minimum absolute atomic E-state index is 0.0856. The zero-order valence-electron chi connectivity index (χ0n) is 10.9. The number of benzene rings is 2. The molecule has 0 heterocycles. The van der Waals surface area contributed by atoms with Crippen LogP contribution in [0.3, 0.4) is 0 Å². The lowest BCUT2D eigenvalue weighted by Crippen LogP contribution is -2.24. The molecule has 0 aliphatic rings. The van der Waals surface area contributed by atoms with Crippen molar-refractivity contribution >= 4 is 50.1 Å². The van der Waals surface area contributed by atoms with E-state index in [1.807, 2.05) is 43.3 Å². The van der Waals surface area contributed by atoms with Crippen LogP contribution in [-0.2, 0) is 6.54 Å². The van der Waals surface area contributed by atoms with Crippen LogP contribution in [0.1, 0.15) is 21.5 Å². The van der Waals surface area contributed by atoms with E-state index < -0.39 is 0 Å². The summed E-state index contributed by atoms with van der Waals surface area (Å²) >= 11 is 5.54. The Morgan fingerprint density at radius 1 is 1.35 bits per heavy atom. The van der Waals surface area contributed by atoms with Gasteiger partial charge in [0.2, 0.25) is 0 Å². The summed E-state index contributed by atoms with van der Waals surface area (Å²) < 4.78 is 1.82. The molecule has 3 nitrogen and oxygen atoms in total. The average Bonchev–Trinajstić information content (AvgIpc) is 2.43. The van der Waals surface area contributed by atoms with E-state index in [1.165, 1.54) is 0 Å². The van der Waals surface area contributed by atoms with Gasteiger partial charge in [0.1, 0.15) is 0 Å². The fourth-order valence-electron chi connectivity index (χ4n) is 1.84. The quantitative estimate of drug-likeness (QED) is 0.557. The Bertz CT molecular complexity index is 658. The van der Waals surface area contributed by atoms with Crippen molar-refractivity contribution in [2.24, 2.45) is 0 Å². The highest BCUT2D eigenvalue weighted by Gasteiger charge is 2.11. The summed E-state index contributed by atoms with van der Waals surface area (Å²) in [6.07, 6.45) is 0. The van der Waals surface area contributed by atoms with E-state index in [-0.39, 0.29) is 5.91 Å². The zero-order valence-corrected chi connectivity index (χ0v) is 14.7. The standard InChI is InChI=1S/C15H14BrIN2O/c1-9-10(3-2-4-14(9)18)8-19-15(20)12-7-11(16)5-6-13(12)17/h2-7H,8,18H2,1H3,(H,19,20). The maximum Gasteiger partial charge on any atom is 0.252 e. The third kappa shape index (κ3) is 3.52. The molecule has 2 aromatic carbocycles. The Morgan fingerprint density at radius 3 is 2.85 bits per heavy atom. The fourth-order valence-corrected chi connectivity index (χ4v) is 2.78. The Balaban J connectivity index is 2.13. The Morgan fingerprint density at radius 2 is 2.10 bits per heavy atom.